The number of ether oxygens (including phenoxy) is 1. The van der Waals surface area contributed by atoms with E-state index < -0.39 is 10.0 Å². The largest absolute Gasteiger partial charge is 0.490 e. The van der Waals surface area contributed by atoms with Gasteiger partial charge in [-0.05, 0) is 36.4 Å². The molecule has 0 bridgehead atoms. The van der Waals surface area contributed by atoms with E-state index in [4.69, 9.17) is 4.74 Å². The van der Waals surface area contributed by atoms with Crippen LogP contribution in [0.1, 0.15) is 10.4 Å². The van der Waals surface area contributed by atoms with E-state index in [1.807, 2.05) is 24.3 Å². The molecule has 1 aliphatic heterocycles. The lowest BCUT2D eigenvalue weighted by Gasteiger charge is -2.29. The number of carbonyl (C=O) groups excluding carboxylic acids is 1. The van der Waals surface area contributed by atoms with Crippen LogP contribution in [0.25, 0.3) is 0 Å². The van der Waals surface area contributed by atoms with Gasteiger partial charge in [0.15, 0.2) is 0 Å². The average molecular weight is 358 g/mol. The van der Waals surface area contributed by atoms with Gasteiger partial charge in [-0.3, -0.25) is 4.79 Å². The molecule has 0 spiro atoms. The lowest BCUT2D eigenvalue weighted by Crippen LogP contribution is -2.37. The van der Waals surface area contributed by atoms with Crippen LogP contribution < -0.4 is 14.4 Å². The highest BCUT2D eigenvalue weighted by Gasteiger charge is 2.24. The first-order chi connectivity index (χ1) is 12.0. The van der Waals surface area contributed by atoms with Crippen LogP contribution in [0.15, 0.2) is 66.1 Å². The number of hydrogen-bond acceptors (Lipinski definition) is 4. The van der Waals surface area contributed by atoms with Gasteiger partial charge >= 0.3 is 0 Å². The number of carbonyl (C=O) groups is 1. The van der Waals surface area contributed by atoms with Crippen LogP contribution >= 0.6 is 0 Å². The molecule has 1 heterocycles. The first kappa shape index (κ1) is 17.2. The molecule has 1 N–H and O–H groups in total. The molecular weight excluding hydrogens is 340 g/mol. The fourth-order valence-electron chi connectivity index (χ4n) is 2.56. The number of fused-ring (bicyclic) bond motifs is 1. The van der Waals surface area contributed by atoms with Crippen molar-refractivity contribution in [1.82, 2.24) is 4.72 Å². The predicted octanol–water partition coefficient (Wildman–Crippen LogP) is 2.19. The lowest BCUT2D eigenvalue weighted by molar-refractivity contribution is 0.0976. The van der Waals surface area contributed by atoms with Gasteiger partial charge in [0.25, 0.3) is 5.91 Å². The number of sulfonamides is 1. The molecule has 0 saturated heterocycles. The zero-order valence-electron chi connectivity index (χ0n) is 13.5. The van der Waals surface area contributed by atoms with Crippen molar-refractivity contribution in [3.8, 4) is 5.75 Å². The second kappa shape index (κ2) is 7.08. The summed E-state index contributed by atoms with van der Waals surface area (Å²) >= 11 is 0. The monoisotopic (exact) mass is 358 g/mol. The number of anilines is 1. The lowest BCUT2D eigenvalue weighted by atomic mass is 10.1. The number of nitrogens with one attached hydrogen (secondary N) is 1. The van der Waals surface area contributed by atoms with Crippen LogP contribution in [0.3, 0.4) is 0 Å². The maximum atomic E-state index is 12.8. The summed E-state index contributed by atoms with van der Waals surface area (Å²) in [7, 11) is -3.60. The van der Waals surface area contributed by atoms with E-state index in [1.54, 1.807) is 4.90 Å². The number of nitrogens with zero attached hydrogens (tertiary/aromatic N) is 1. The van der Waals surface area contributed by atoms with Crippen molar-refractivity contribution < 1.29 is 17.9 Å². The Morgan fingerprint density at radius 1 is 1.20 bits per heavy atom. The first-order valence-electron chi connectivity index (χ1n) is 7.77. The van der Waals surface area contributed by atoms with Crippen molar-refractivity contribution in [2.75, 3.05) is 24.6 Å². The molecule has 0 saturated carbocycles. The quantitative estimate of drug-likeness (QED) is 0.832. The van der Waals surface area contributed by atoms with Gasteiger partial charge in [0, 0.05) is 12.1 Å². The SMILES string of the molecule is C=CCNS(=O)(=O)c1ccc(C(=O)N2CCOc3ccccc32)cc1. The van der Waals surface area contributed by atoms with Crippen LogP contribution in [-0.2, 0) is 10.0 Å². The van der Waals surface area contributed by atoms with Crippen molar-refractivity contribution >= 4 is 21.6 Å². The van der Waals surface area contributed by atoms with Gasteiger partial charge in [-0.1, -0.05) is 18.2 Å². The minimum Gasteiger partial charge on any atom is -0.490 e. The Kier molecular flexibility index (Phi) is 4.87. The van der Waals surface area contributed by atoms with Crippen molar-refractivity contribution in [1.29, 1.82) is 0 Å². The van der Waals surface area contributed by atoms with Gasteiger partial charge in [0.1, 0.15) is 12.4 Å². The number of rotatable bonds is 5. The van der Waals surface area contributed by atoms with E-state index in [2.05, 4.69) is 11.3 Å². The standard InChI is InChI=1S/C18H18N2O4S/c1-2-11-19-25(22,23)15-9-7-14(8-10-15)18(21)20-12-13-24-17-6-4-3-5-16(17)20/h2-10,19H,1,11-13H2. The molecule has 0 radical (unpaired) electrons. The Labute approximate surface area is 146 Å². The number of hydrogen-bond donors (Lipinski definition) is 1. The van der Waals surface area contributed by atoms with Crippen LogP contribution in [0.4, 0.5) is 5.69 Å². The Morgan fingerprint density at radius 2 is 1.92 bits per heavy atom. The fraction of sp³-hybridized carbons (Fsp3) is 0.167. The van der Waals surface area contributed by atoms with Crippen LogP contribution in [0, 0.1) is 0 Å². The summed E-state index contributed by atoms with van der Waals surface area (Å²) in [5, 5.41) is 0. The number of para-hydroxylation sites is 2. The highest BCUT2D eigenvalue weighted by molar-refractivity contribution is 7.89. The van der Waals surface area contributed by atoms with Crippen LogP contribution in [-0.4, -0.2) is 34.0 Å². The smallest absolute Gasteiger partial charge is 0.258 e. The van der Waals surface area contributed by atoms with E-state index in [1.165, 1.54) is 30.3 Å². The summed E-state index contributed by atoms with van der Waals surface area (Å²) < 4.78 is 32.1. The second-order valence-electron chi connectivity index (χ2n) is 5.44. The van der Waals surface area contributed by atoms with E-state index in [0.717, 1.165) is 0 Å². The molecule has 0 unspecified atom stereocenters. The molecule has 2 aromatic rings. The maximum absolute atomic E-state index is 12.8. The van der Waals surface area contributed by atoms with Crippen molar-refractivity contribution in [3.63, 3.8) is 0 Å². The van der Waals surface area contributed by atoms with E-state index >= 15 is 0 Å². The molecule has 0 aliphatic carbocycles. The van der Waals surface area contributed by atoms with Gasteiger partial charge < -0.3 is 9.64 Å². The minimum atomic E-state index is -3.60. The first-order valence-corrected chi connectivity index (χ1v) is 9.25. The summed E-state index contributed by atoms with van der Waals surface area (Å²) in [4.78, 5) is 14.5. The predicted molar refractivity (Wildman–Crippen MR) is 95.4 cm³/mol. The zero-order chi connectivity index (χ0) is 17.9. The highest BCUT2D eigenvalue weighted by Crippen LogP contribution is 2.32. The zero-order valence-corrected chi connectivity index (χ0v) is 14.3. The summed E-state index contributed by atoms with van der Waals surface area (Å²) in [5.41, 5.74) is 1.13. The number of benzene rings is 2. The molecule has 0 fully saturated rings. The fourth-order valence-corrected chi connectivity index (χ4v) is 3.56. The normalized spacial score (nSPS) is 13.7. The van der Waals surface area contributed by atoms with Crippen molar-refractivity contribution in [3.05, 3.63) is 66.7 Å². The summed E-state index contributed by atoms with van der Waals surface area (Å²) in [6.07, 6.45) is 1.46. The third kappa shape index (κ3) is 3.57. The topological polar surface area (TPSA) is 75.7 Å². The Balaban J connectivity index is 1.84. The second-order valence-corrected chi connectivity index (χ2v) is 7.20. The van der Waals surface area contributed by atoms with Gasteiger partial charge in [-0.25, -0.2) is 13.1 Å². The molecule has 130 valence electrons. The summed E-state index contributed by atoms with van der Waals surface area (Å²) in [6.45, 7) is 4.48. The van der Waals surface area contributed by atoms with Crippen molar-refractivity contribution in [2.24, 2.45) is 0 Å². The van der Waals surface area contributed by atoms with Gasteiger partial charge in [0.2, 0.25) is 10.0 Å². The third-order valence-electron chi connectivity index (χ3n) is 3.80. The Hall–Kier alpha value is -2.64. The van der Waals surface area contributed by atoms with E-state index in [0.29, 0.717) is 30.2 Å². The molecular formula is C18H18N2O4S. The molecule has 3 rings (SSSR count). The van der Waals surface area contributed by atoms with Gasteiger partial charge in [-0.15, -0.1) is 6.58 Å². The maximum Gasteiger partial charge on any atom is 0.258 e. The van der Waals surface area contributed by atoms with Crippen LogP contribution in [0.2, 0.25) is 0 Å². The molecule has 1 aliphatic rings. The highest BCUT2D eigenvalue weighted by atomic mass is 32.2. The molecule has 25 heavy (non-hydrogen) atoms. The molecule has 1 amide bonds. The van der Waals surface area contributed by atoms with Crippen LogP contribution in [0.5, 0.6) is 5.75 Å². The average Bonchev–Trinajstić information content (AvgIpc) is 2.65. The third-order valence-corrected chi connectivity index (χ3v) is 5.24. The minimum absolute atomic E-state index is 0.105. The Bertz CT molecular complexity index is 892. The Morgan fingerprint density at radius 3 is 2.64 bits per heavy atom. The molecule has 0 aromatic heterocycles. The number of amides is 1. The summed E-state index contributed by atoms with van der Waals surface area (Å²) in [5.74, 6) is 0.466. The molecule has 2 aromatic carbocycles. The van der Waals surface area contributed by atoms with Crippen molar-refractivity contribution in [2.45, 2.75) is 4.90 Å². The van der Waals surface area contributed by atoms with E-state index in [9.17, 15) is 13.2 Å². The van der Waals surface area contributed by atoms with E-state index in [-0.39, 0.29) is 17.3 Å². The summed E-state index contributed by atoms with van der Waals surface area (Å²) in [6, 6.07) is 13.2. The molecule has 6 nitrogen and oxygen atoms in total. The van der Waals surface area contributed by atoms with Gasteiger partial charge in [0.05, 0.1) is 17.1 Å². The molecule has 7 heteroatoms. The van der Waals surface area contributed by atoms with Gasteiger partial charge in [-0.2, -0.15) is 0 Å². The molecule has 0 atom stereocenters.